The molecule has 2 aliphatic carbocycles. The van der Waals surface area contributed by atoms with Crippen LogP contribution in [0.25, 0.3) is 0 Å². The molecule has 2 atom stereocenters. The molecule has 21 heavy (non-hydrogen) atoms. The van der Waals surface area contributed by atoms with Gasteiger partial charge in [-0.1, -0.05) is 32.1 Å². The number of carbonyl (C=O) groups is 1. The lowest BCUT2D eigenvalue weighted by Crippen LogP contribution is -2.45. The molecule has 0 heterocycles. The monoisotopic (exact) mass is 312 g/mol. The van der Waals surface area contributed by atoms with Gasteiger partial charge >= 0.3 is 5.97 Å². The molecular formula is C16H28N2O2S. The third-order valence-corrected chi connectivity index (χ3v) is 5.14. The Morgan fingerprint density at radius 1 is 1.10 bits per heavy atom. The van der Waals surface area contributed by atoms with Gasteiger partial charge in [0, 0.05) is 12.6 Å². The molecule has 120 valence electrons. The van der Waals surface area contributed by atoms with E-state index in [1.807, 2.05) is 0 Å². The molecule has 0 radical (unpaired) electrons. The van der Waals surface area contributed by atoms with Crippen LogP contribution in [-0.2, 0) is 9.53 Å². The van der Waals surface area contributed by atoms with Crippen molar-refractivity contribution in [2.45, 2.75) is 63.8 Å². The number of methoxy groups -OCH3 is 1. The Morgan fingerprint density at radius 3 is 2.48 bits per heavy atom. The molecule has 0 bridgehead atoms. The van der Waals surface area contributed by atoms with E-state index in [4.69, 9.17) is 17.0 Å². The zero-order valence-electron chi connectivity index (χ0n) is 13.0. The molecule has 0 saturated heterocycles. The fourth-order valence-corrected chi connectivity index (χ4v) is 3.87. The summed E-state index contributed by atoms with van der Waals surface area (Å²) in [7, 11) is 1.48. The van der Waals surface area contributed by atoms with Crippen molar-refractivity contribution in [1.82, 2.24) is 10.6 Å². The summed E-state index contributed by atoms with van der Waals surface area (Å²) in [6.07, 6.45) is 10.7. The highest BCUT2D eigenvalue weighted by atomic mass is 32.1. The maximum atomic E-state index is 11.8. The first-order valence-electron chi connectivity index (χ1n) is 8.33. The van der Waals surface area contributed by atoms with Crippen molar-refractivity contribution in [2.24, 2.45) is 11.8 Å². The second-order valence-electron chi connectivity index (χ2n) is 6.36. The molecule has 0 aromatic carbocycles. The van der Waals surface area contributed by atoms with Gasteiger partial charge in [-0.15, -0.1) is 0 Å². The second kappa shape index (κ2) is 8.57. The summed E-state index contributed by atoms with van der Waals surface area (Å²) < 4.78 is 4.93. The Labute approximate surface area is 133 Å². The molecule has 2 unspecified atom stereocenters. The van der Waals surface area contributed by atoms with Gasteiger partial charge in [-0.3, -0.25) is 4.79 Å². The van der Waals surface area contributed by atoms with E-state index in [0.29, 0.717) is 12.0 Å². The van der Waals surface area contributed by atoms with Crippen LogP contribution in [0.4, 0.5) is 0 Å². The van der Waals surface area contributed by atoms with Crippen LogP contribution >= 0.6 is 12.2 Å². The number of thiocarbonyl (C=S) groups is 1. The SMILES string of the molecule is COC(=O)C1CCCCC1CNC(=S)NC1CCCCC1. The first-order chi connectivity index (χ1) is 10.2. The van der Waals surface area contributed by atoms with Gasteiger partial charge in [0.05, 0.1) is 13.0 Å². The maximum Gasteiger partial charge on any atom is 0.309 e. The minimum Gasteiger partial charge on any atom is -0.469 e. The van der Waals surface area contributed by atoms with Gasteiger partial charge in [0.15, 0.2) is 5.11 Å². The smallest absolute Gasteiger partial charge is 0.309 e. The van der Waals surface area contributed by atoms with Crippen molar-refractivity contribution in [2.75, 3.05) is 13.7 Å². The van der Waals surface area contributed by atoms with Crippen molar-refractivity contribution in [3.05, 3.63) is 0 Å². The molecule has 2 rings (SSSR count). The van der Waals surface area contributed by atoms with Gasteiger partial charge in [-0.2, -0.15) is 0 Å². The van der Waals surface area contributed by atoms with Crippen LogP contribution in [0.15, 0.2) is 0 Å². The summed E-state index contributed by atoms with van der Waals surface area (Å²) in [5, 5.41) is 7.49. The van der Waals surface area contributed by atoms with E-state index < -0.39 is 0 Å². The van der Waals surface area contributed by atoms with Crippen molar-refractivity contribution in [3.63, 3.8) is 0 Å². The highest BCUT2D eigenvalue weighted by Crippen LogP contribution is 2.30. The van der Waals surface area contributed by atoms with Gasteiger partial charge in [-0.05, 0) is 43.8 Å². The van der Waals surface area contributed by atoms with Crippen LogP contribution < -0.4 is 10.6 Å². The molecule has 2 aliphatic rings. The highest BCUT2D eigenvalue weighted by Gasteiger charge is 2.31. The van der Waals surface area contributed by atoms with E-state index in [9.17, 15) is 4.79 Å². The molecule has 0 aromatic heterocycles. The summed E-state index contributed by atoms with van der Waals surface area (Å²) in [6, 6.07) is 0.529. The predicted molar refractivity (Wildman–Crippen MR) is 88.1 cm³/mol. The van der Waals surface area contributed by atoms with Crippen molar-refractivity contribution in [3.8, 4) is 0 Å². The minimum absolute atomic E-state index is 0.0359. The summed E-state index contributed by atoms with van der Waals surface area (Å²) >= 11 is 5.40. The van der Waals surface area contributed by atoms with Crippen molar-refractivity contribution >= 4 is 23.3 Å². The molecule has 4 nitrogen and oxygen atoms in total. The van der Waals surface area contributed by atoms with E-state index in [1.54, 1.807) is 0 Å². The predicted octanol–water partition coefficient (Wildman–Crippen LogP) is 2.76. The fourth-order valence-electron chi connectivity index (χ4n) is 3.62. The summed E-state index contributed by atoms with van der Waals surface area (Å²) in [6.45, 7) is 0.776. The zero-order chi connectivity index (χ0) is 15.1. The van der Waals surface area contributed by atoms with Gasteiger partial charge in [0.1, 0.15) is 0 Å². The molecule has 2 N–H and O–H groups in total. The standard InChI is InChI=1S/C16H28N2O2S/c1-20-15(19)14-10-6-5-7-12(14)11-17-16(21)18-13-8-3-2-4-9-13/h12-14H,2-11H2,1H3,(H2,17,18,21). The van der Waals surface area contributed by atoms with Gasteiger partial charge in [0.2, 0.25) is 0 Å². The van der Waals surface area contributed by atoms with Crippen LogP contribution in [0.1, 0.15) is 57.8 Å². The van der Waals surface area contributed by atoms with Gasteiger partial charge in [-0.25, -0.2) is 0 Å². The first kappa shape index (κ1) is 16.5. The molecule has 2 fully saturated rings. The van der Waals surface area contributed by atoms with Crippen molar-refractivity contribution in [1.29, 1.82) is 0 Å². The Morgan fingerprint density at radius 2 is 1.76 bits per heavy atom. The second-order valence-corrected chi connectivity index (χ2v) is 6.77. The summed E-state index contributed by atoms with van der Waals surface area (Å²) in [5.74, 6) is 0.318. The van der Waals surface area contributed by atoms with E-state index in [2.05, 4.69) is 10.6 Å². The minimum atomic E-state index is -0.0624. The Kier molecular flexibility index (Phi) is 6.74. The molecule has 0 aromatic rings. The Hall–Kier alpha value is -0.840. The van der Waals surface area contributed by atoms with E-state index >= 15 is 0 Å². The molecular weight excluding hydrogens is 284 g/mol. The van der Waals surface area contributed by atoms with Gasteiger partial charge in [0.25, 0.3) is 0 Å². The van der Waals surface area contributed by atoms with Crippen LogP contribution in [0.2, 0.25) is 0 Å². The first-order valence-corrected chi connectivity index (χ1v) is 8.73. The largest absolute Gasteiger partial charge is 0.469 e. The number of hydrogen-bond acceptors (Lipinski definition) is 3. The number of nitrogens with one attached hydrogen (secondary N) is 2. The topological polar surface area (TPSA) is 50.4 Å². The lowest BCUT2D eigenvalue weighted by atomic mass is 9.79. The lowest BCUT2D eigenvalue weighted by Gasteiger charge is -2.31. The third kappa shape index (κ3) is 5.13. The molecule has 2 saturated carbocycles. The Balaban J connectivity index is 1.74. The normalized spacial score (nSPS) is 26.9. The summed E-state index contributed by atoms with van der Waals surface area (Å²) in [5.41, 5.74) is 0. The quantitative estimate of drug-likeness (QED) is 0.617. The zero-order valence-corrected chi connectivity index (χ0v) is 13.8. The molecule has 0 amide bonds. The lowest BCUT2D eigenvalue weighted by molar-refractivity contribution is -0.148. The average Bonchev–Trinajstić information content (AvgIpc) is 2.53. The van der Waals surface area contributed by atoms with E-state index in [1.165, 1.54) is 45.6 Å². The summed E-state index contributed by atoms with van der Waals surface area (Å²) in [4.78, 5) is 11.8. The maximum absolute atomic E-state index is 11.8. The number of ether oxygens (including phenoxy) is 1. The third-order valence-electron chi connectivity index (χ3n) is 4.88. The molecule has 0 aliphatic heterocycles. The van der Waals surface area contributed by atoms with Crippen molar-refractivity contribution < 1.29 is 9.53 Å². The number of carbonyl (C=O) groups excluding carboxylic acids is 1. The van der Waals surface area contributed by atoms with Crippen LogP contribution in [0.3, 0.4) is 0 Å². The fraction of sp³-hybridized carbons (Fsp3) is 0.875. The van der Waals surface area contributed by atoms with E-state index in [0.717, 1.165) is 30.9 Å². The number of esters is 1. The van der Waals surface area contributed by atoms with Crippen LogP contribution in [-0.4, -0.2) is 30.8 Å². The van der Waals surface area contributed by atoms with Crippen LogP contribution in [0, 0.1) is 11.8 Å². The van der Waals surface area contributed by atoms with Crippen LogP contribution in [0.5, 0.6) is 0 Å². The number of hydrogen-bond donors (Lipinski definition) is 2. The molecule has 5 heteroatoms. The Bertz CT molecular complexity index is 356. The van der Waals surface area contributed by atoms with Gasteiger partial charge < -0.3 is 15.4 Å². The highest BCUT2D eigenvalue weighted by molar-refractivity contribution is 7.80. The molecule has 0 spiro atoms. The number of rotatable bonds is 4. The van der Waals surface area contributed by atoms with E-state index in [-0.39, 0.29) is 11.9 Å². The average molecular weight is 312 g/mol.